The largest absolute Gasteiger partial charge is 0.493 e. The Morgan fingerprint density at radius 2 is 1.58 bits per heavy atom. The number of ether oxygens (including phenoxy) is 3. The summed E-state index contributed by atoms with van der Waals surface area (Å²) in [6.45, 7) is 0. The molecule has 4 rings (SSSR count). The molecule has 1 aliphatic carbocycles. The SMILES string of the molecule is COC1=Cc2ccc(-c3ccc(OC)c(OC)c3)c3cccc(c23)C1=O. The number of methoxy groups -OCH3 is 3. The minimum Gasteiger partial charge on any atom is -0.493 e. The highest BCUT2D eigenvalue weighted by molar-refractivity contribution is 6.23. The van der Waals surface area contributed by atoms with E-state index in [4.69, 9.17) is 14.2 Å². The smallest absolute Gasteiger partial charge is 0.228 e. The molecule has 0 heterocycles. The van der Waals surface area contributed by atoms with Gasteiger partial charge in [-0.25, -0.2) is 0 Å². The first-order valence-electron chi connectivity index (χ1n) is 8.26. The van der Waals surface area contributed by atoms with Crippen molar-refractivity contribution >= 4 is 22.6 Å². The average molecular weight is 346 g/mol. The number of ketones is 1. The highest BCUT2D eigenvalue weighted by Gasteiger charge is 2.23. The molecule has 0 saturated carbocycles. The Hall–Kier alpha value is -3.27. The van der Waals surface area contributed by atoms with E-state index in [1.54, 1.807) is 20.3 Å². The number of carbonyl (C=O) groups excluding carboxylic acids is 1. The summed E-state index contributed by atoms with van der Waals surface area (Å²) in [5, 5.41) is 1.97. The summed E-state index contributed by atoms with van der Waals surface area (Å²) >= 11 is 0. The first-order chi connectivity index (χ1) is 12.7. The quantitative estimate of drug-likeness (QED) is 0.686. The van der Waals surface area contributed by atoms with Gasteiger partial charge in [-0.05, 0) is 40.3 Å². The van der Waals surface area contributed by atoms with E-state index >= 15 is 0 Å². The molecule has 0 aromatic heterocycles. The molecule has 0 N–H and O–H groups in total. The molecule has 0 spiro atoms. The number of hydrogen-bond donors (Lipinski definition) is 0. The van der Waals surface area contributed by atoms with Gasteiger partial charge in [-0.2, -0.15) is 0 Å². The topological polar surface area (TPSA) is 44.8 Å². The van der Waals surface area contributed by atoms with Gasteiger partial charge in [0.2, 0.25) is 5.78 Å². The number of Topliss-reactive ketones (excluding diaryl/α,β-unsaturated/α-hetero) is 1. The molecule has 0 fully saturated rings. The summed E-state index contributed by atoms with van der Waals surface area (Å²) in [7, 11) is 4.76. The van der Waals surface area contributed by atoms with Gasteiger partial charge >= 0.3 is 0 Å². The molecule has 0 radical (unpaired) electrons. The van der Waals surface area contributed by atoms with Gasteiger partial charge in [-0.15, -0.1) is 0 Å². The Kier molecular flexibility index (Phi) is 3.88. The molecule has 0 aliphatic heterocycles. The van der Waals surface area contributed by atoms with Gasteiger partial charge in [0.05, 0.1) is 21.3 Å². The third-order valence-electron chi connectivity index (χ3n) is 4.74. The van der Waals surface area contributed by atoms with Crippen LogP contribution in [-0.4, -0.2) is 27.1 Å². The maximum absolute atomic E-state index is 12.6. The van der Waals surface area contributed by atoms with Crippen LogP contribution in [0.5, 0.6) is 11.5 Å². The van der Waals surface area contributed by atoms with E-state index in [1.165, 1.54) is 7.11 Å². The minimum atomic E-state index is -0.0879. The van der Waals surface area contributed by atoms with Gasteiger partial charge in [0.15, 0.2) is 17.3 Å². The van der Waals surface area contributed by atoms with Crippen molar-refractivity contribution in [2.75, 3.05) is 21.3 Å². The molecule has 3 aromatic carbocycles. The van der Waals surface area contributed by atoms with Crippen LogP contribution in [0.15, 0.2) is 54.3 Å². The Labute approximate surface area is 151 Å². The second-order valence-electron chi connectivity index (χ2n) is 6.04. The van der Waals surface area contributed by atoms with Crippen LogP contribution in [0.25, 0.3) is 28.0 Å². The molecule has 0 unspecified atom stereocenters. The van der Waals surface area contributed by atoms with Crippen molar-refractivity contribution in [1.82, 2.24) is 0 Å². The number of allylic oxidation sites excluding steroid dienone is 1. The monoisotopic (exact) mass is 346 g/mol. The van der Waals surface area contributed by atoms with Gasteiger partial charge in [0.1, 0.15) is 0 Å². The van der Waals surface area contributed by atoms with Gasteiger partial charge in [0.25, 0.3) is 0 Å². The van der Waals surface area contributed by atoms with Crippen molar-refractivity contribution in [3.63, 3.8) is 0 Å². The minimum absolute atomic E-state index is 0.0879. The van der Waals surface area contributed by atoms with Crippen LogP contribution in [0, 0.1) is 0 Å². The number of rotatable bonds is 4. The lowest BCUT2D eigenvalue weighted by Gasteiger charge is -2.18. The summed E-state index contributed by atoms with van der Waals surface area (Å²) in [5.41, 5.74) is 3.68. The first kappa shape index (κ1) is 16.2. The van der Waals surface area contributed by atoms with Crippen LogP contribution in [0.1, 0.15) is 15.9 Å². The number of benzene rings is 3. The predicted octanol–water partition coefficient (Wildman–Crippen LogP) is 4.71. The lowest BCUT2D eigenvalue weighted by molar-refractivity contribution is 0.0957. The molecule has 4 nitrogen and oxygen atoms in total. The maximum Gasteiger partial charge on any atom is 0.228 e. The molecule has 26 heavy (non-hydrogen) atoms. The zero-order valence-electron chi connectivity index (χ0n) is 14.8. The fraction of sp³-hybridized carbons (Fsp3) is 0.136. The molecule has 3 aromatic rings. The zero-order chi connectivity index (χ0) is 18.3. The highest BCUT2D eigenvalue weighted by Crippen LogP contribution is 2.39. The zero-order valence-corrected chi connectivity index (χ0v) is 14.8. The van der Waals surface area contributed by atoms with Crippen molar-refractivity contribution < 1.29 is 19.0 Å². The Bertz CT molecular complexity index is 1060. The lowest BCUT2D eigenvalue weighted by Crippen LogP contribution is -2.10. The van der Waals surface area contributed by atoms with Gasteiger partial charge in [-0.3, -0.25) is 4.79 Å². The fourth-order valence-corrected chi connectivity index (χ4v) is 3.49. The van der Waals surface area contributed by atoms with Gasteiger partial charge in [0, 0.05) is 10.9 Å². The van der Waals surface area contributed by atoms with E-state index in [0.717, 1.165) is 27.5 Å². The fourth-order valence-electron chi connectivity index (χ4n) is 3.49. The third-order valence-corrected chi connectivity index (χ3v) is 4.74. The van der Waals surface area contributed by atoms with Crippen LogP contribution in [0.4, 0.5) is 0 Å². The molecular weight excluding hydrogens is 328 g/mol. The second kappa shape index (κ2) is 6.23. The molecule has 0 amide bonds. The second-order valence-corrected chi connectivity index (χ2v) is 6.04. The van der Waals surface area contributed by atoms with Crippen LogP contribution in [0.2, 0.25) is 0 Å². The van der Waals surface area contributed by atoms with Crippen molar-refractivity contribution in [1.29, 1.82) is 0 Å². The Morgan fingerprint density at radius 3 is 2.31 bits per heavy atom. The average Bonchev–Trinajstić information content (AvgIpc) is 2.70. The molecular formula is C22H18O4. The van der Waals surface area contributed by atoms with E-state index in [0.29, 0.717) is 22.8 Å². The standard InChI is InChI=1S/C22H18O4/c1-24-18-10-8-13(11-19(18)25-2)15-9-7-14-12-20(26-3)22(23)17-6-4-5-16(15)21(14)17/h4-12H,1-3H3. The summed E-state index contributed by atoms with van der Waals surface area (Å²) in [6, 6.07) is 15.7. The first-order valence-corrected chi connectivity index (χ1v) is 8.26. The van der Waals surface area contributed by atoms with E-state index in [-0.39, 0.29) is 5.78 Å². The predicted molar refractivity (Wildman–Crippen MR) is 102 cm³/mol. The summed E-state index contributed by atoms with van der Waals surface area (Å²) in [6.07, 6.45) is 1.80. The van der Waals surface area contributed by atoms with Gasteiger partial charge < -0.3 is 14.2 Å². The molecule has 0 saturated heterocycles. The van der Waals surface area contributed by atoms with Crippen molar-refractivity contribution in [3.8, 4) is 22.6 Å². The molecule has 4 heteroatoms. The van der Waals surface area contributed by atoms with Crippen molar-refractivity contribution in [2.24, 2.45) is 0 Å². The number of carbonyl (C=O) groups is 1. The Morgan fingerprint density at radius 1 is 0.769 bits per heavy atom. The molecule has 0 atom stereocenters. The Balaban J connectivity index is 1.98. The molecule has 1 aliphatic rings. The highest BCUT2D eigenvalue weighted by atomic mass is 16.5. The summed E-state index contributed by atoms with van der Waals surface area (Å²) in [4.78, 5) is 12.6. The van der Waals surface area contributed by atoms with Crippen LogP contribution < -0.4 is 9.47 Å². The van der Waals surface area contributed by atoms with Gasteiger partial charge in [-0.1, -0.05) is 36.4 Å². The molecule has 130 valence electrons. The van der Waals surface area contributed by atoms with E-state index in [1.807, 2.05) is 42.5 Å². The van der Waals surface area contributed by atoms with E-state index in [2.05, 4.69) is 6.07 Å². The normalized spacial score (nSPS) is 12.7. The van der Waals surface area contributed by atoms with Crippen LogP contribution >= 0.6 is 0 Å². The molecule has 0 bridgehead atoms. The van der Waals surface area contributed by atoms with Crippen molar-refractivity contribution in [2.45, 2.75) is 0 Å². The third kappa shape index (κ3) is 2.34. The van der Waals surface area contributed by atoms with Crippen LogP contribution in [-0.2, 0) is 4.74 Å². The maximum atomic E-state index is 12.6. The number of hydrogen-bond acceptors (Lipinski definition) is 4. The van der Waals surface area contributed by atoms with E-state index < -0.39 is 0 Å². The lowest BCUT2D eigenvalue weighted by atomic mass is 9.87. The van der Waals surface area contributed by atoms with E-state index in [9.17, 15) is 4.79 Å². The van der Waals surface area contributed by atoms with Crippen LogP contribution in [0.3, 0.4) is 0 Å². The summed E-state index contributed by atoms with van der Waals surface area (Å²) < 4.78 is 16.0. The van der Waals surface area contributed by atoms with Crippen molar-refractivity contribution in [3.05, 3.63) is 65.4 Å². The summed E-state index contributed by atoms with van der Waals surface area (Å²) in [5.74, 6) is 1.63.